The molecule has 0 spiro atoms. The van der Waals surface area contributed by atoms with Gasteiger partial charge in [-0.25, -0.2) is 0 Å². The fourth-order valence-electron chi connectivity index (χ4n) is 5.20. The van der Waals surface area contributed by atoms with Crippen LogP contribution < -0.4 is 9.47 Å². The van der Waals surface area contributed by atoms with Crippen LogP contribution in [0.5, 0.6) is 11.5 Å². The molecule has 0 radical (unpaired) electrons. The number of carboxylic acids is 1. The van der Waals surface area contributed by atoms with Crippen LogP contribution in [0, 0.1) is 0 Å². The minimum Gasteiger partial charge on any atom is -0.497 e. The predicted molar refractivity (Wildman–Crippen MR) is 143 cm³/mol. The van der Waals surface area contributed by atoms with Gasteiger partial charge in [-0.1, -0.05) is 72.3 Å². The lowest BCUT2D eigenvalue weighted by atomic mass is 9.69. The van der Waals surface area contributed by atoms with Crippen molar-refractivity contribution < 1.29 is 19.4 Å². The fraction of sp³-hybridized carbons (Fsp3) is 0.367. The highest BCUT2D eigenvalue weighted by molar-refractivity contribution is 6.30. The second-order valence-corrected chi connectivity index (χ2v) is 10.5. The molecule has 1 N–H and O–H groups in total. The first-order valence-electron chi connectivity index (χ1n) is 12.4. The van der Waals surface area contributed by atoms with Crippen molar-refractivity contribution in [2.75, 3.05) is 20.2 Å². The number of halogens is 1. The summed E-state index contributed by atoms with van der Waals surface area (Å²) in [5, 5.41) is 11.2. The number of aliphatic carboxylic acids is 1. The standard InChI is InChI=1S/C30H34ClNO4/c1-29(2,32-17-14-25(21-32)36-27-19-24(31)18-26(20-27)35-3)15-16-30(28(33)34,22-10-6-4-7-11-22)23-12-8-5-9-13-23/h4-13,18-20,25H,14-17,21H2,1-3H3,(H,33,34)/t25-/m0/s1. The summed E-state index contributed by atoms with van der Waals surface area (Å²) in [4.78, 5) is 15.3. The highest BCUT2D eigenvalue weighted by Crippen LogP contribution is 2.40. The van der Waals surface area contributed by atoms with Crippen LogP contribution in [0.15, 0.2) is 78.9 Å². The Morgan fingerprint density at radius 3 is 2.11 bits per heavy atom. The van der Waals surface area contributed by atoms with E-state index < -0.39 is 11.4 Å². The molecule has 0 saturated carbocycles. The van der Waals surface area contributed by atoms with Gasteiger partial charge in [0.15, 0.2) is 0 Å². The summed E-state index contributed by atoms with van der Waals surface area (Å²) in [5.41, 5.74) is 0.273. The zero-order valence-electron chi connectivity index (χ0n) is 21.1. The first kappa shape index (κ1) is 26.1. The average Bonchev–Trinajstić information content (AvgIpc) is 3.34. The summed E-state index contributed by atoms with van der Waals surface area (Å²) in [5.74, 6) is 0.537. The molecule has 1 heterocycles. The second kappa shape index (κ2) is 10.9. The van der Waals surface area contributed by atoms with Crippen LogP contribution in [0.2, 0.25) is 5.02 Å². The minimum atomic E-state index is -1.12. The molecule has 36 heavy (non-hydrogen) atoms. The molecular formula is C30H34ClNO4. The fourth-order valence-corrected chi connectivity index (χ4v) is 5.41. The van der Waals surface area contributed by atoms with E-state index in [0.717, 1.165) is 30.6 Å². The number of likely N-dealkylation sites (tertiary alicyclic amines) is 1. The lowest BCUT2D eigenvalue weighted by Gasteiger charge is -2.39. The molecule has 0 bridgehead atoms. The van der Waals surface area contributed by atoms with Crippen LogP contribution in [-0.2, 0) is 10.2 Å². The van der Waals surface area contributed by atoms with Crippen LogP contribution in [0.4, 0.5) is 0 Å². The second-order valence-electron chi connectivity index (χ2n) is 10.1. The third-order valence-corrected chi connectivity index (χ3v) is 7.61. The van der Waals surface area contributed by atoms with Gasteiger partial charge in [-0.2, -0.15) is 0 Å². The van der Waals surface area contributed by atoms with Crippen LogP contribution in [0.3, 0.4) is 0 Å². The Kier molecular flexibility index (Phi) is 7.91. The summed E-state index contributed by atoms with van der Waals surface area (Å²) in [6, 6.07) is 24.6. The van der Waals surface area contributed by atoms with Gasteiger partial charge in [-0.3, -0.25) is 9.69 Å². The Morgan fingerprint density at radius 2 is 1.56 bits per heavy atom. The summed E-state index contributed by atoms with van der Waals surface area (Å²) < 4.78 is 11.6. The molecule has 0 amide bonds. The number of carbonyl (C=O) groups is 1. The van der Waals surface area contributed by atoms with E-state index >= 15 is 0 Å². The highest BCUT2D eigenvalue weighted by Gasteiger charge is 2.44. The van der Waals surface area contributed by atoms with E-state index in [9.17, 15) is 9.90 Å². The van der Waals surface area contributed by atoms with Crippen LogP contribution in [-0.4, -0.2) is 47.8 Å². The Balaban J connectivity index is 1.51. The van der Waals surface area contributed by atoms with Crippen molar-refractivity contribution >= 4 is 17.6 Å². The number of nitrogens with zero attached hydrogens (tertiary/aromatic N) is 1. The molecule has 1 fully saturated rings. The summed E-state index contributed by atoms with van der Waals surface area (Å²) in [6.07, 6.45) is 2.11. The van der Waals surface area contributed by atoms with Gasteiger partial charge in [0.2, 0.25) is 0 Å². The molecule has 6 heteroatoms. The normalized spacial score (nSPS) is 16.6. The number of methoxy groups -OCH3 is 1. The molecule has 3 aromatic carbocycles. The summed E-state index contributed by atoms with van der Waals surface area (Å²) in [7, 11) is 1.61. The van der Waals surface area contributed by atoms with Gasteiger partial charge in [0.25, 0.3) is 0 Å². The van der Waals surface area contributed by atoms with Crippen molar-refractivity contribution in [2.24, 2.45) is 0 Å². The van der Waals surface area contributed by atoms with Crippen molar-refractivity contribution in [2.45, 2.75) is 50.2 Å². The highest BCUT2D eigenvalue weighted by atomic mass is 35.5. The summed E-state index contributed by atoms with van der Waals surface area (Å²) >= 11 is 6.21. The zero-order valence-corrected chi connectivity index (χ0v) is 21.9. The van der Waals surface area contributed by atoms with E-state index in [4.69, 9.17) is 21.1 Å². The Bertz CT molecular complexity index is 1130. The number of hydrogen-bond donors (Lipinski definition) is 1. The van der Waals surface area contributed by atoms with Gasteiger partial charge in [0, 0.05) is 29.7 Å². The maximum atomic E-state index is 12.9. The Hall–Kier alpha value is -3.02. The van der Waals surface area contributed by atoms with Crippen molar-refractivity contribution in [3.8, 4) is 11.5 Å². The quantitative estimate of drug-likeness (QED) is 0.342. The van der Waals surface area contributed by atoms with E-state index in [0.29, 0.717) is 29.4 Å². The van der Waals surface area contributed by atoms with E-state index in [1.54, 1.807) is 19.2 Å². The maximum Gasteiger partial charge on any atom is 0.318 e. The van der Waals surface area contributed by atoms with E-state index in [2.05, 4.69) is 18.7 Å². The van der Waals surface area contributed by atoms with Crippen molar-refractivity contribution in [3.63, 3.8) is 0 Å². The van der Waals surface area contributed by atoms with Crippen LogP contribution >= 0.6 is 11.6 Å². The lowest BCUT2D eigenvalue weighted by molar-refractivity contribution is -0.142. The maximum absolute atomic E-state index is 12.9. The van der Waals surface area contributed by atoms with E-state index in [1.165, 1.54) is 0 Å². The van der Waals surface area contributed by atoms with Gasteiger partial charge < -0.3 is 14.6 Å². The SMILES string of the molecule is COc1cc(Cl)cc(O[C@H]2CCN(C(C)(C)CCC(C(=O)O)(c3ccccc3)c3ccccc3)C2)c1. The molecule has 190 valence electrons. The smallest absolute Gasteiger partial charge is 0.318 e. The number of hydrogen-bond acceptors (Lipinski definition) is 4. The zero-order chi connectivity index (χ0) is 25.8. The van der Waals surface area contributed by atoms with Gasteiger partial charge in [-0.15, -0.1) is 0 Å². The molecule has 0 aliphatic carbocycles. The first-order valence-corrected chi connectivity index (χ1v) is 12.7. The third kappa shape index (κ3) is 5.53. The molecule has 1 aliphatic heterocycles. The molecule has 1 atom stereocenters. The van der Waals surface area contributed by atoms with Crippen molar-refractivity contribution in [3.05, 3.63) is 95.0 Å². The molecule has 5 nitrogen and oxygen atoms in total. The topological polar surface area (TPSA) is 59.0 Å². The minimum absolute atomic E-state index is 0.0277. The Morgan fingerprint density at radius 1 is 0.972 bits per heavy atom. The molecule has 1 saturated heterocycles. The van der Waals surface area contributed by atoms with Gasteiger partial charge in [-0.05, 0) is 56.4 Å². The Labute approximate surface area is 218 Å². The van der Waals surface area contributed by atoms with Crippen LogP contribution in [0.25, 0.3) is 0 Å². The van der Waals surface area contributed by atoms with Gasteiger partial charge >= 0.3 is 5.97 Å². The monoisotopic (exact) mass is 507 g/mol. The largest absolute Gasteiger partial charge is 0.497 e. The molecule has 3 aromatic rings. The molecule has 0 unspecified atom stereocenters. The van der Waals surface area contributed by atoms with Crippen molar-refractivity contribution in [1.29, 1.82) is 0 Å². The average molecular weight is 508 g/mol. The summed E-state index contributed by atoms with van der Waals surface area (Å²) in [6.45, 7) is 6.03. The van der Waals surface area contributed by atoms with Gasteiger partial charge in [0.1, 0.15) is 23.0 Å². The number of ether oxygens (including phenoxy) is 2. The van der Waals surface area contributed by atoms with Gasteiger partial charge in [0.05, 0.1) is 7.11 Å². The molecule has 0 aromatic heterocycles. The van der Waals surface area contributed by atoms with E-state index in [1.807, 2.05) is 66.7 Å². The molecule has 4 rings (SSSR count). The van der Waals surface area contributed by atoms with E-state index in [-0.39, 0.29) is 11.6 Å². The predicted octanol–water partition coefficient (Wildman–Crippen LogP) is 6.43. The number of benzene rings is 3. The lowest BCUT2D eigenvalue weighted by Crippen LogP contribution is -2.46. The number of carboxylic acid groups (broad SMARTS) is 1. The third-order valence-electron chi connectivity index (χ3n) is 7.39. The van der Waals surface area contributed by atoms with Crippen molar-refractivity contribution in [1.82, 2.24) is 4.90 Å². The van der Waals surface area contributed by atoms with Crippen LogP contribution in [0.1, 0.15) is 44.2 Å². The number of rotatable bonds is 10. The molecule has 1 aliphatic rings. The molecular weight excluding hydrogens is 474 g/mol. The first-order chi connectivity index (χ1) is 17.2.